The first-order chi connectivity index (χ1) is 10.1. The van der Waals surface area contributed by atoms with Crippen LogP contribution in [0.1, 0.15) is 21.5 Å². The van der Waals surface area contributed by atoms with Crippen molar-refractivity contribution in [2.75, 3.05) is 5.32 Å². The summed E-state index contributed by atoms with van der Waals surface area (Å²) in [6.45, 7) is 4.02. The van der Waals surface area contributed by atoms with E-state index >= 15 is 0 Å². The van der Waals surface area contributed by atoms with Gasteiger partial charge in [-0.25, -0.2) is 0 Å². The summed E-state index contributed by atoms with van der Waals surface area (Å²) >= 11 is 3.53. The topological polar surface area (TPSA) is 44.9 Å². The number of halogens is 1. The van der Waals surface area contributed by atoms with Crippen molar-refractivity contribution < 1.29 is 4.79 Å². The van der Waals surface area contributed by atoms with Crippen LogP contribution < -0.4 is 5.32 Å². The average molecular weight is 343 g/mol. The third-order valence-electron chi connectivity index (χ3n) is 3.53. The van der Waals surface area contributed by atoms with E-state index in [1.54, 1.807) is 6.20 Å². The maximum Gasteiger partial charge on any atom is 0.257 e. The molecule has 4 heteroatoms. The Labute approximate surface area is 131 Å². The first kappa shape index (κ1) is 13.9. The molecule has 3 nitrogen and oxygen atoms in total. The highest BCUT2D eigenvalue weighted by Gasteiger charge is 2.12. The van der Waals surface area contributed by atoms with Crippen molar-refractivity contribution in [2.24, 2.45) is 0 Å². The lowest BCUT2D eigenvalue weighted by atomic mass is 10.1. The van der Waals surface area contributed by atoms with Gasteiger partial charge in [0.1, 0.15) is 0 Å². The number of benzene rings is 2. The molecule has 3 aromatic rings. The van der Waals surface area contributed by atoms with Gasteiger partial charge < -0.3 is 10.3 Å². The van der Waals surface area contributed by atoms with E-state index in [2.05, 4.69) is 26.2 Å². The smallest absolute Gasteiger partial charge is 0.257 e. The molecule has 1 amide bonds. The van der Waals surface area contributed by atoms with Crippen molar-refractivity contribution in [1.29, 1.82) is 0 Å². The summed E-state index contributed by atoms with van der Waals surface area (Å²) in [4.78, 5) is 15.6. The molecule has 2 aromatic carbocycles. The third-order valence-corrected chi connectivity index (χ3v) is 4.78. The van der Waals surface area contributed by atoms with E-state index in [-0.39, 0.29) is 5.91 Å². The highest BCUT2D eigenvalue weighted by Crippen LogP contribution is 2.26. The first-order valence-electron chi connectivity index (χ1n) is 6.70. The molecule has 0 saturated carbocycles. The number of amides is 1. The predicted octanol–water partition coefficient (Wildman–Crippen LogP) is 4.80. The Morgan fingerprint density at radius 1 is 1.14 bits per heavy atom. The van der Waals surface area contributed by atoms with Crippen LogP contribution in [0.25, 0.3) is 10.9 Å². The van der Waals surface area contributed by atoms with E-state index < -0.39 is 0 Å². The van der Waals surface area contributed by atoms with Gasteiger partial charge in [0.15, 0.2) is 0 Å². The van der Waals surface area contributed by atoms with Gasteiger partial charge in [0, 0.05) is 27.3 Å². The van der Waals surface area contributed by atoms with E-state index in [1.165, 1.54) is 0 Å². The number of aromatic nitrogens is 1. The minimum atomic E-state index is -0.103. The summed E-state index contributed by atoms with van der Waals surface area (Å²) in [5, 5.41) is 3.90. The summed E-state index contributed by atoms with van der Waals surface area (Å²) in [7, 11) is 0. The zero-order valence-electron chi connectivity index (χ0n) is 11.8. The molecule has 0 radical (unpaired) electrons. The van der Waals surface area contributed by atoms with Crippen LogP contribution in [0.15, 0.2) is 47.1 Å². The Morgan fingerprint density at radius 2 is 1.81 bits per heavy atom. The third kappa shape index (κ3) is 2.59. The lowest BCUT2D eigenvalue weighted by Crippen LogP contribution is -2.11. The number of hydrogen-bond acceptors (Lipinski definition) is 1. The number of nitrogens with one attached hydrogen (secondary N) is 2. The molecule has 106 valence electrons. The second-order valence-electron chi connectivity index (χ2n) is 5.13. The van der Waals surface area contributed by atoms with Crippen molar-refractivity contribution in [2.45, 2.75) is 13.8 Å². The van der Waals surface area contributed by atoms with E-state index in [0.717, 1.165) is 32.2 Å². The van der Waals surface area contributed by atoms with Gasteiger partial charge in [0.2, 0.25) is 0 Å². The number of rotatable bonds is 2. The number of carbonyl (C=O) groups excluding carboxylic acids is 1. The molecule has 0 saturated heterocycles. The fourth-order valence-electron chi connectivity index (χ4n) is 2.48. The maximum absolute atomic E-state index is 12.5. The second kappa shape index (κ2) is 5.37. The van der Waals surface area contributed by atoms with E-state index in [1.807, 2.05) is 50.2 Å². The molecule has 0 aliphatic rings. The Kier molecular flexibility index (Phi) is 3.55. The first-order valence-corrected chi connectivity index (χ1v) is 7.50. The maximum atomic E-state index is 12.5. The van der Waals surface area contributed by atoms with Crippen molar-refractivity contribution in [3.05, 3.63) is 63.8 Å². The van der Waals surface area contributed by atoms with Gasteiger partial charge in [0.05, 0.1) is 5.56 Å². The van der Waals surface area contributed by atoms with E-state index in [9.17, 15) is 4.79 Å². The highest BCUT2D eigenvalue weighted by molar-refractivity contribution is 9.10. The molecule has 0 unspecified atom stereocenters. The largest absolute Gasteiger partial charge is 0.360 e. The highest BCUT2D eigenvalue weighted by atomic mass is 79.9. The number of anilines is 1. The van der Waals surface area contributed by atoms with Crippen LogP contribution in [0.3, 0.4) is 0 Å². The van der Waals surface area contributed by atoms with Crippen LogP contribution in [0.2, 0.25) is 0 Å². The zero-order valence-corrected chi connectivity index (χ0v) is 13.4. The number of aromatic amines is 1. The van der Waals surface area contributed by atoms with E-state index in [0.29, 0.717) is 5.56 Å². The van der Waals surface area contributed by atoms with Crippen LogP contribution in [0.4, 0.5) is 5.69 Å². The van der Waals surface area contributed by atoms with Crippen LogP contribution in [-0.4, -0.2) is 10.9 Å². The quantitative estimate of drug-likeness (QED) is 0.690. The predicted molar refractivity (Wildman–Crippen MR) is 89.9 cm³/mol. The summed E-state index contributed by atoms with van der Waals surface area (Å²) < 4.78 is 1.08. The summed E-state index contributed by atoms with van der Waals surface area (Å²) in [6, 6.07) is 11.7. The van der Waals surface area contributed by atoms with Crippen LogP contribution in [-0.2, 0) is 0 Å². The summed E-state index contributed by atoms with van der Waals surface area (Å²) in [5.74, 6) is -0.103. The fraction of sp³-hybridized carbons (Fsp3) is 0.118. The molecule has 0 aliphatic heterocycles. The Balaban J connectivity index is 1.93. The minimum Gasteiger partial charge on any atom is -0.360 e. The Morgan fingerprint density at radius 3 is 2.52 bits per heavy atom. The number of fused-ring (bicyclic) bond motifs is 1. The SMILES string of the molecule is Cc1cc(NC(=O)c2c[nH]c3ccccc23)cc(C)c1Br. The van der Waals surface area contributed by atoms with Gasteiger partial charge in [-0.15, -0.1) is 0 Å². The fourth-order valence-corrected chi connectivity index (χ4v) is 2.70. The van der Waals surface area contributed by atoms with Crippen molar-refractivity contribution in [1.82, 2.24) is 4.98 Å². The lowest BCUT2D eigenvalue weighted by Gasteiger charge is -2.09. The normalized spacial score (nSPS) is 10.8. The molecule has 0 bridgehead atoms. The monoisotopic (exact) mass is 342 g/mol. The summed E-state index contributed by atoms with van der Waals surface area (Å²) in [6.07, 6.45) is 1.75. The molecule has 1 aromatic heterocycles. The van der Waals surface area contributed by atoms with Gasteiger partial charge in [-0.2, -0.15) is 0 Å². The zero-order chi connectivity index (χ0) is 15.0. The van der Waals surface area contributed by atoms with Crippen LogP contribution in [0, 0.1) is 13.8 Å². The molecular formula is C17H15BrN2O. The standard InChI is InChI=1S/C17H15BrN2O/c1-10-7-12(8-11(2)16(10)18)20-17(21)14-9-19-15-6-4-3-5-13(14)15/h3-9,19H,1-2H3,(H,20,21). The molecule has 2 N–H and O–H groups in total. The molecule has 0 atom stereocenters. The van der Waals surface area contributed by atoms with Crippen LogP contribution >= 0.6 is 15.9 Å². The Hall–Kier alpha value is -2.07. The second-order valence-corrected chi connectivity index (χ2v) is 5.92. The molecule has 0 aliphatic carbocycles. The molecule has 3 rings (SSSR count). The number of H-pyrrole nitrogens is 1. The van der Waals surface area contributed by atoms with Crippen molar-refractivity contribution >= 4 is 38.4 Å². The van der Waals surface area contributed by atoms with Gasteiger partial charge in [-0.3, -0.25) is 4.79 Å². The average Bonchev–Trinajstić information content (AvgIpc) is 2.88. The van der Waals surface area contributed by atoms with Gasteiger partial charge >= 0.3 is 0 Å². The number of para-hydroxylation sites is 1. The van der Waals surface area contributed by atoms with Gasteiger partial charge in [-0.05, 0) is 43.2 Å². The lowest BCUT2D eigenvalue weighted by molar-refractivity contribution is 0.102. The Bertz CT molecular complexity index is 813. The van der Waals surface area contributed by atoms with Crippen molar-refractivity contribution in [3.8, 4) is 0 Å². The van der Waals surface area contributed by atoms with Gasteiger partial charge in [0.25, 0.3) is 5.91 Å². The molecule has 1 heterocycles. The molecule has 0 spiro atoms. The molecule has 0 fully saturated rings. The summed E-state index contributed by atoms with van der Waals surface area (Å²) in [5.41, 5.74) is 4.63. The molecular weight excluding hydrogens is 328 g/mol. The minimum absolute atomic E-state index is 0.103. The number of aryl methyl sites for hydroxylation is 2. The number of carbonyl (C=O) groups is 1. The van der Waals surface area contributed by atoms with Gasteiger partial charge in [-0.1, -0.05) is 34.1 Å². The molecule has 21 heavy (non-hydrogen) atoms. The van der Waals surface area contributed by atoms with E-state index in [4.69, 9.17) is 0 Å². The van der Waals surface area contributed by atoms with Crippen molar-refractivity contribution in [3.63, 3.8) is 0 Å². The number of hydrogen-bond donors (Lipinski definition) is 2. The van der Waals surface area contributed by atoms with Crippen LogP contribution in [0.5, 0.6) is 0 Å².